The first kappa shape index (κ1) is 18.3. The third-order valence-corrected chi connectivity index (χ3v) is 3.30. The Morgan fingerprint density at radius 2 is 2.08 bits per heavy atom. The minimum atomic E-state index is -0.747. The van der Waals surface area contributed by atoms with Crippen molar-refractivity contribution in [2.75, 3.05) is 19.0 Å². The zero-order chi connectivity index (χ0) is 18.4. The van der Waals surface area contributed by atoms with Gasteiger partial charge in [-0.15, -0.1) is 0 Å². The standard InChI is InChI=1S/C15H14ClN3O6/c1-24-11-3-2-9(16)8-10(11)18-13(20)6-7-17-15(21)12-4-5-14(25-12)19(22)23/h2-5,8H,6-7H2,1H3,(H,17,21)(H,18,20). The molecule has 2 aromatic rings. The lowest BCUT2D eigenvalue weighted by atomic mass is 10.2. The van der Waals surface area contributed by atoms with Gasteiger partial charge in [0.1, 0.15) is 10.7 Å². The molecular weight excluding hydrogens is 354 g/mol. The summed E-state index contributed by atoms with van der Waals surface area (Å²) in [6, 6.07) is 7.04. The molecule has 0 saturated carbocycles. The van der Waals surface area contributed by atoms with Crippen molar-refractivity contribution in [2.24, 2.45) is 0 Å². The summed E-state index contributed by atoms with van der Waals surface area (Å²) in [7, 11) is 1.46. The molecule has 0 saturated heterocycles. The molecule has 2 rings (SSSR count). The number of benzene rings is 1. The lowest BCUT2D eigenvalue weighted by molar-refractivity contribution is -0.402. The predicted molar refractivity (Wildman–Crippen MR) is 88.9 cm³/mol. The minimum absolute atomic E-state index is 0.0159. The van der Waals surface area contributed by atoms with Crippen LogP contribution in [0.2, 0.25) is 5.02 Å². The number of rotatable bonds is 7. The molecule has 0 aliphatic heterocycles. The SMILES string of the molecule is COc1ccc(Cl)cc1NC(=O)CCNC(=O)c1ccc([N+](=O)[O-])o1. The summed E-state index contributed by atoms with van der Waals surface area (Å²) < 4.78 is 9.87. The van der Waals surface area contributed by atoms with Gasteiger partial charge in [-0.3, -0.25) is 19.7 Å². The molecule has 0 aliphatic rings. The van der Waals surface area contributed by atoms with Crippen LogP contribution in [0.1, 0.15) is 17.0 Å². The van der Waals surface area contributed by atoms with Gasteiger partial charge in [0.05, 0.1) is 18.9 Å². The van der Waals surface area contributed by atoms with E-state index in [9.17, 15) is 19.7 Å². The number of hydrogen-bond acceptors (Lipinski definition) is 6. The normalized spacial score (nSPS) is 10.2. The maximum atomic E-state index is 11.9. The Morgan fingerprint density at radius 3 is 2.72 bits per heavy atom. The second-order valence-corrected chi connectivity index (χ2v) is 5.23. The van der Waals surface area contributed by atoms with Gasteiger partial charge in [-0.05, 0) is 24.3 Å². The van der Waals surface area contributed by atoms with Crippen molar-refractivity contribution in [1.29, 1.82) is 0 Å². The Labute approximate surface area is 147 Å². The van der Waals surface area contributed by atoms with Crippen LogP contribution in [0.5, 0.6) is 5.75 Å². The molecule has 1 aromatic carbocycles. The highest BCUT2D eigenvalue weighted by Crippen LogP contribution is 2.27. The lowest BCUT2D eigenvalue weighted by Crippen LogP contribution is -2.27. The van der Waals surface area contributed by atoms with Gasteiger partial charge in [0.25, 0.3) is 5.91 Å². The van der Waals surface area contributed by atoms with Crippen LogP contribution in [-0.2, 0) is 4.79 Å². The number of carbonyl (C=O) groups excluding carboxylic acids is 2. The van der Waals surface area contributed by atoms with Crippen molar-refractivity contribution in [2.45, 2.75) is 6.42 Å². The zero-order valence-electron chi connectivity index (χ0n) is 13.1. The summed E-state index contributed by atoms with van der Waals surface area (Å²) in [4.78, 5) is 33.4. The van der Waals surface area contributed by atoms with E-state index < -0.39 is 16.7 Å². The van der Waals surface area contributed by atoms with Crippen molar-refractivity contribution in [3.63, 3.8) is 0 Å². The summed E-state index contributed by atoms with van der Waals surface area (Å²) in [5.74, 6) is -1.31. The first-order chi connectivity index (χ1) is 11.9. The average molecular weight is 368 g/mol. The molecule has 0 atom stereocenters. The lowest BCUT2D eigenvalue weighted by Gasteiger charge is -2.10. The number of amides is 2. The van der Waals surface area contributed by atoms with Crippen LogP contribution in [0.25, 0.3) is 0 Å². The Bertz CT molecular complexity index is 804. The molecule has 2 amide bonds. The van der Waals surface area contributed by atoms with E-state index >= 15 is 0 Å². The van der Waals surface area contributed by atoms with E-state index in [2.05, 4.69) is 10.6 Å². The molecular formula is C15H14ClN3O6. The quantitative estimate of drug-likeness (QED) is 0.572. The molecule has 0 bridgehead atoms. The van der Waals surface area contributed by atoms with Crippen molar-refractivity contribution in [1.82, 2.24) is 5.32 Å². The number of nitrogens with zero attached hydrogens (tertiary/aromatic N) is 1. The molecule has 0 fully saturated rings. The Kier molecular flexibility index (Phi) is 5.96. The second-order valence-electron chi connectivity index (χ2n) is 4.79. The molecule has 10 heteroatoms. The largest absolute Gasteiger partial charge is 0.495 e. The molecule has 0 aliphatic carbocycles. The zero-order valence-corrected chi connectivity index (χ0v) is 13.8. The number of ether oxygens (including phenoxy) is 1. The Hall–Kier alpha value is -3.07. The summed E-state index contributed by atoms with van der Waals surface area (Å²) in [6.45, 7) is 0.0159. The van der Waals surface area contributed by atoms with Gasteiger partial charge >= 0.3 is 5.88 Å². The van der Waals surface area contributed by atoms with Gasteiger partial charge in [-0.2, -0.15) is 0 Å². The molecule has 132 valence electrons. The first-order valence-electron chi connectivity index (χ1n) is 7.06. The summed E-state index contributed by atoms with van der Waals surface area (Å²) in [5, 5.41) is 16.0. The van der Waals surface area contributed by atoms with Crippen LogP contribution >= 0.6 is 11.6 Å². The van der Waals surface area contributed by atoms with E-state index in [1.807, 2.05) is 0 Å². The van der Waals surface area contributed by atoms with Gasteiger partial charge < -0.3 is 19.8 Å². The van der Waals surface area contributed by atoms with Gasteiger partial charge in [0.15, 0.2) is 5.76 Å². The van der Waals surface area contributed by atoms with E-state index in [4.69, 9.17) is 20.8 Å². The molecule has 0 unspecified atom stereocenters. The van der Waals surface area contributed by atoms with Crippen LogP contribution in [0.3, 0.4) is 0 Å². The van der Waals surface area contributed by atoms with E-state index in [-0.39, 0.29) is 24.6 Å². The van der Waals surface area contributed by atoms with Crippen molar-refractivity contribution in [3.05, 3.63) is 51.2 Å². The fraction of sp³-hybridized carbons (Fsp3) is 0.200. The smallest absolute Gasteiger partial charge is 0.433 e. The van der Waals surface area contributed by atoms with Gasteiger partial charge in [0, 0.05) is 18.0 Å². The number of furan rings is 1. The number of methoxy groups -OCH3 is 1. The highest BCUT2D eigenvalue weighted by Gasteiger charge is 2.17. The number of halogens is 1. The fourth-order valence-corrected chi connectivity index (χ4v) is 2.09. The van der Waals surface area contributed by atoms with E-state index in [1.165, 1.54) is 13.2 Å². The van der Waals surface area contributed by atoms with E-state index in [0.29, 0.717) is 16.5 Å². The van der Waals surface area contributed by atoms with E-state index in [1.54, 1.807) is 18.2 Å². The maximum absolute atomic E-state index is 11.9. The van der Waals surface area contributed by atoms with Crippen molar-refractivity contribution >= 4 is 35.0 Å². The molecule has 2 N–H and O–H groups in total. The molecule has 0 radical (unpaired) electrons. The number of anilines is 1. The summed E-state index contributed by atoms with van der Waals surface area (Å²) >= 11 is 5.87. The monoisotopic (exact) mass is 367 g/mol. The van der Waals surface area contributed by atoms with Crippen LogP contribution in [0, 0.1) is 10.1 Å². The average Bonchev–Trinajstić information content (AvgIpc) is 3.05. The van der Waals surface area contributed by atoms with Crippen LogP contribution in [0.4, 0.5) is 11.6 Å². The minimum Gasteiger partial charge on any atom is -0.495 e. The third-order valence-electron chi connectivity index (χ3n) is 3.07. The second kappa shape index (κ2) is 8.15. The van der Waals surface area contributed by atoms with Crippen molar-refractivity contribution < 1.29 is 23.7 Å². The number of nitro groups is 1. The number of nitrogens with one attached hydrogen (secondary N) is 2. The van der Waals surface area contributed by atoms with Crippen LogP contribution in [0.15, 0.2) is 34.7 Å². The van der Waals surface area contributed by atoms with Crippen LogP contribution in [-0.4, -0.2) is 30.4 Å². The van der Waals surface area contributed by atoms with Crippen molar-refractivity contribution in [3.8, 4) is 5.75 Å². The van der Waals surface area contributed by atoms with Gasteiger partial charge in [-0.1, -0.05) is 11.6 Å². The molecule has 1 heterocycles. The predicted octanol–water partition coefficient (Wildman–Crippen LogP) is 2.61. The summed E-state index contributed by atoms with van der Waals surface area (Å²) in [6.07, 6.45) is -0.0236. The Balaban J connectivity index is 1.85. The maximum Gasteiger partial charge on any atom is 0.433 e. The number of carbonyl (C=O) groups is 2. The third kappa shape index (κ3) is 4.95. The van der Waals surface area contributed by atoms with Crippen LogP contribution < -0.4 is 15.4 Å². The molecule has 9 nitrogen and oxygen atoms in total. The topological polar surface area (TPSA) is 124 Å². The number of hydrogen-bond donors (Lipinski definition) is 2. The molecule has 0 spiro atoms. The van der Waals surface area contributed by atoms with Gasteiger partial charge in [-0.25, -0.2) is 0 Å². The molecule has 1 aromatic heterocycles. The highest BCUT2D eigenvalue weighted by atomic mass is 35.5. The van der Waals surface area contributed by atoms with Gasteiger partial charge in [0.2, 0.25) is 5.91 Å². The highest BCUT2D eigenvalue weighted by molar-refractivity contribution is 6.31. The Morgan fingerprint density at radius 1 is 1.32 bits per heavy atom. The fourth-order valence-electron chi connectivity index (χ4n) is 1.92. The molecule has 25 heavy (non-hydrogen) atoms. The first-order valence-corrected chi connectivity index (χ1v) is 7.44. The summed E-state index contributed by atoms with van der Waals surface area (Å²) in [5.41, 5.74) is 0.410. The van der Waals surface area contributed by atoms with E-state index in [0.717, 1.165) is 6.07 Å².